The van der Waals surface area contributed by atoms with Crippen LogP contribution in [0.4, 0.5) is 5.13 Å². The number of aromatic nitrogens is 1. The molecule has 0 saturated carbocycles. The van der Waals surface area contributed by atoms with Crippen LogP contribution in [-0.4, -0.2) is 54.7 Å². The van der Waals surface area contributed by atoms with E-state index in [1.54, 1.807) is 0 Å². The van der Waals surface area contributed by atoms with Crippen LogP contribution in [0.2, 0.25) is 0 Å². The van der Waals surface area contributed by atoms with Gasteiger partial charge in [0.1, 0.15) is 0 Å². The fourth-order valence-electron chi connectivity index (χ4n) is 2.93. The molecule has 1 aromatic heterocycles. The molecule has 1 unspecified atom stereocenters. The lowest BCUT2D eigenvalue weighted by atomic mass is 10.1. The monoisotopic (exact) mass is 396 g/mol. The number of hydrogen-bond acceptors (Lipinski definition) is 6. The van der Waals surface area contributed by atoms with Crippen LogP contribution in [-0.2, 0) is 16.1 Å². The highest BCUT2D eigenvalue weighted by Crippen LogP contribution is 2.19. The summed E-state index contributed by atoms with van der Waals surface area (Å²) in [7, 11) is 0. The van der Waals surface area contributed by atoms with E-state index in [0.29, 0.717) is 18.2 Å². The van der Waals surface area contributed by atoms with Gasteiger partial charge in [0, 0.05) is 30.9 Å². The minimum Gasteiger partial charge on any atom is -0.378 e. The molecule has 0 bridgehead atoms. The summed E-state index contributed by atoms with van der Waals surface area (Å²) in [6, 6.07) is 0.113. The number of hydrogen-bond donors (Lipinski definition) is 2. The van der Waals surface area contributed by atoms with E-state index in [-0.39, 0.29) is 36.8 Å². The Bertz CT molecular complexity index is 492. The molecule has 3 heterocycles. The number of anilines is 1. The number of rotatable bonds is 5. The molecule has 6 nitrogen and oxygen atoms in total. The van der Waals surface area contributed by atoms with E-state index in [9.17, 15) is 4.79 Å². The van der Waals surface area contributed by atoms with Crippen LogP contribution in [0.1, 0.15) is 31.4 Å². The van der Waals surface area contributed by atoms with Crippen LogP contribution in [0.15, 0.2) is 5.38 Å². The number of morpholine rings is 1. The molecular weight excluding hydrogens is 371 g/mol. The van der Waals surface area contributed by atoms with Gasteiger partial charge < -0.3 is 15.4 Å². The van der Waals surface area contributed by atoms with Crippen molar-refractivity contribution in [3.8, 4) is 0 Å². The smallest absolute Gasteiger partial charge is 0.227 e. The van der Waals surface area contributed by atoms with Gasteiger partial charge in [0.25, 0.3) is 0 Å². The average molecular weight is 397 g/mol. The summed E-state index contributed by atoms with van der Waals surface area (Å²) >= 11 is 1.51. The Morgan fingerprint density at radius 3 is 2.88 bits per heavy atom. The number of carbonyl (C=O) groups is 1. The largest absolute Gasteiger partial charge is 0.378 e. The fraction of sp³-hybridized carbons (Fsp3) is 0.733. The van der Waals surface area contributed by atoms with E-state index in [1.807, 2.05) is 5.38 Å². The molecule has 24 heavy (non-hydrogen) atoms. The van der Waals surface area contributed by atoms with Crippen molar-refractivity contribution in [3.63, 3.8) is 0 Å². The lowest BCUT2D eigenvalue weighted by Crippen LogP contribution is -2.43. The minimum absolute atomic E-state index is 0. The first-order chi connectivity index (χ1) is 10.8. The number of likely N-dealkylation sites (tertiary alicyclic amines) is 1. The first-order valence-electron chi connectivity index (χ1n) is 8.07. The molecule has 2 N–H and O–H groups in total. The van der Waals surface area contributed by atoms with Crippen molar-refractivity contribution >= 4 is 47.2 Å². The van der Waals surface area contributed by atoms with E-state index in [0.717, 1.165) is 38.5 Å². The van der Waals surface area contributed by atoms with Gasteiger partial charge in [-0.3, -0.25) is 9.69 Å². The number of halogens is 2. The van der Waals surface area contributed by atoms with Crippen LogP contribution < -0.4 is 10.6 Å². The lowest BCUT2D eigenvalue weighted by Gasteiger charge is -2.25. The van der Waals surface area contributed by atoms with Crippen molar-refractivity contribution in [2.45, 2.75) is 38.3 Å². The Labute approximate surface area is 159 Å². The van der Waals surface area contributed by atoms with E-state index in [4.69, 9.17) is 4.74 Å². The van der Waals surface area contributed by atoms with Crippen molar-refractivity contribution in [3.05, 3.63) is 11.1 Å². The zero-order valence-corrected chi connectivity index (χ0v) is 16.1. The van der Waals surface area contributed by atoms with Gasteiger partial charge in [0.2, 0.25) is 5.91 Å². The lowest BCUT2D eigenvalue weighted by molar-refractivity contribution is -0.117. The molecule has 2 aliphatic heterocycles. The van der Waals surface area contributed by atoms with Gasteiger partial charge >= 0.3 is 0 Å². The summed E-state index contributed by atoms with van der Waals surface area (Å²) in [5, 5.41) is 8.94. The van der Waals surface area contributed by atoms with E-state index >= 15 is 0 Å². The number of thiazole rings is 1. The molecule has 0 aliphatic carbocycles. The molecule has 0 spiro atoms. The Morgan fingerprint density at radius 1 is 1.38 bits per heavy atom. The zero-order valence-electron chi connectivity index (χ0n) is 13.7. The molecule has 0 radical (unpaired) electrons. The highest BCUT2D eigenvalue weighted by molar-refractivity contribution is 7.13. The van der Waals surface area contributed by atoms with Crippen LogP contribution >= 0.6 is 36.2 Å². The minimum atomic E-state index is 0. The molecule has 1 amide bonds. The molecule has 138 valence electrons. The summed E-state index contributed by atoms with van der Waals surface area (Å²) in [6.45, 7) is 5.36. The quantitative estimate of drug-likeness (QED) is 0.798. The summed E-state index contributed by atoms with van der Waals surface area (Å²) in [4.78, 5) is 19.0. The van der Waals surface area contributed by atoms with E-state index in [2.05, 4.69) is 20.5 Å². The Balaban J connectivity index is 0.00000144. The molecule has 9 heteroatoms. The van der Waals surface area contributed by atoms with Crippen molar-refractivity contribution in [1.29, 1.82) is 0 Å². The summed E-state index contributed by atoms with van der Waals surface area (Å²) in [6.07, 6.45) is 4.34. The van der Waals surface area contributed by atoms with Gasteiger partial charge in [-0.25, -0.2) is 4.98 Å². The highest BCUT2D eigenvalue weighted by Gasteiger charge is 2.18. The molecule has 2 saturated heterocycles. The average Bonchev–Trinajstić information content (AvgIpc) is 2.96. The van der Waals surface area contributed by atoms with Crippen molar-refractivity contribution in [2.75, 3.05) is 38.2 Å². The molecule has 2 aliphatic rings. The van der Waals surface area contributed by atoms with Gasteiger partial charge in [0.15, 0.2) is 5.13 Å². The number of amides is 1. The van der Waals surface area contributed by atoms with Crippen LogP contribution in [0, 0.1) is 0 Å². The van der Waals surface area contributed by atoms with Gasteiger partial charge in [-0.15, -0.1) is 36.2 Å². The zero-order chi connectivity index (χ0) is 15.2. The molecular formula is C15H26Cl2N4O2S. The molecule has 1 atom stereocenters. The van der Waals surface area contributed by atoms with Crippen molar-refractivity contribution < 1.29 is 9.53 Å². The fourth-order valence-corrected chi connectivity index (χ4v) is 3.65. The number of ether oxygens (including phenoxy) is 1. The summed E-state index contributed by atoms with van der Waals surface area (Å²) in [5.41, 5.74) is 1.06. The number of nitrogens with zero attached hydrogens (tertiary/aromatic N) is 2. The standard InChI is InChI=1S/C15H24N4O2S.2ClH/c20-14(8-12-10-21-7-4-16-12)18-15-17-13(11-22-15)9-19-5-2-1-3-6-19;;/h11-12,16H,1-10H2,(H,17,18,20);2*1H. The maximum Gasteiger partial charge on any atom is 0.227 e. The number of nitrogens with one attached hydrogen (secondary N) is 2. The number of piperidine rings is 1. The van der Waals surface area contributed by atoms with E-state index < -0.39 is 0 Å². The van der Waals surface area contributed by atoms with E-state index in [1.165, 1.54) is 30.6 Å². The van der Waals surface area contributed by atoms with Gasteiger partial charge in [0.05, 0.1) is 18.9 Å². The normalized spacial score (nSPS) is 21.4. The first-order valence-corrected chi connectivity index (χ1v) is 8.95. The third-order valence-electron chi connectivity index (χ3n) is 4.06. The van der Waals surface area contributed by atoms with Gasteiger partial charge in [-0.2, -0.15) is 0 Å². The molecule has 2 fully saturated rings. The van der Waals surface area contributed by atoms with Gasteiger partial charge in [-0.1, -0.05) is 6.42 Å². The third-order valence-corrected chi connectivity index (χ3v) is 4.87. The second-order valence-electron chi connectivity index (χ2n) is 5.96. The van der Waals surface area contributed by atoms with Crippen LogP contribution in [0.3, 0.4) is 0 Å². The van der Waals surface area contributed by atoms with Crippen molar-refractivity contribution in [1.82, 2.24) is 15.2 Å². The Kier molecular flexibility index (Phi) is 10.1. The van der Waals surface area contributed by atoms with Crippen molar-refractivity contribution in [2.24, 2.45) is 0 Å². The summed E-state index contributed by atoms with van der Waals surface area (Å²) in [5.74, 6) is 0.00173. The summed E-state index contributed by atoms with van der Waals surface area (Å²) < 4.78 is 5.36. The maximum absolute atomic E-state index is 12.0. The Morgan fingerprint density at radius 2 is 2.17 bits per heavy atom. The third kappa shape index (κ3) is 6.82. The number of carbonyl (C=O) groups excluding carboxylic acids is 1. The topological polar surface area (TPSA) is 66.5 Å². The second-order valence-corrected chi connectivity index (χ2v) is 6.82. The van der Waals surface area contributed by atoms with Gasteiger partial charge in [-0.05, 0) is 25.9 Å². The SMILES string of the molecule is Cl.Cl.O=C(CC1COCCN1)Nc1nc(CN2CCCCC2)cs1. The maximum atomic E-state index is 12.0. The highest BCUT2D eigenvalue weighted by atomic mass is 35.5. The first kappa shape index (κ1) is 21.6. The predicted octanol–water partition coefficient (Wildman–Crippen LogP) is 2.29. The van der Waals surface area contributed by atoms with Crippen LogP contribution in [0.25, 0.3) is 0 Å². The second kappa shape index (κ2) is 11.2. The molecule has 3 rings (SSSR count). The van der Waals surface area contributed by atoms with Crippen LogP contribution in [0.5, 0.6) is 0 Å². The Hall–Kier alpha value is -0.440. The predicted molar refractivity (Wildman–Crippen MR) is 102 cm³/mol. The molecule has 0 aromatic carbocycles. The molecule has 1 aromatic rings.